The number of thiophene rings is 1. The molecule has 0 atom stereocenters. The molecule has 1 aliphatic heterocycles. The molecule has 3 aromatic carbocycles. The molecule has 29 heavy (non-hydrogen) atoms. The molecule has 0 saturated heterocycles. The molecule has 0 unspecified atom stereocenters. The van der Waals surface area contributed by atoms with Crippen LogP contribution in [0, 0.1) is 12.5 Å². The van der Waals surface area contributed by atoms with Gasteiger partial charge in [0.25, 0.3) is 0 Å². The normalized spacial score (nSPS) is 16.7. The van der Waals surface area contributed by atoms with Crippen LogP contribution in [0.5, 0.6) is 0 Å². The Bertz CT molecular complexity index is 1350. The number of para-hydroxylation sites is 1. The zero-order chi connectivity index (χ0) is 20.0. The first-order valence-corrected chi connectivity index (χ1v) is 10.3. The minimum Gasteiger partial charge on any atom is -0.271 e. The molecule has 2 heterocycles. The number of fused-ring (bicyclic) bond motifs is 4. The number of allylic oxidation sites excluding steroid dienone is 1. The van der Waals surface area contributed by atoms with Crippen molar-refractivity contribution in [2.75, 3.05) is 4.90 Å². The number of nitrogens with zero attached hydrogens (tertiary/aromatic N) is 3. The van der Waals surface area contributed by atoms with Crippen LogP contribution >= 0.6 is 11.3 Å². The van der Waals surface area contributed by atoms with Gasteiger partial charge in [-0.05, 0) is 35.9 Å². The molecule has 1 aliphatic rings. The van der Waals surface area contributed by atoms with Gasteiger partial charge in [-0.2, -0.15) is 10.2 Å². The summed E-state index contributed by atoms with van der Waals surface area (Å²) in [5.41, 5.74) is 3.79. The number of hydrogen-bond donors (Lipinski definition) is 0. The number of azo groups is 1. The Morgan fingerprint density at radius 2 is 1.72 bits per heavy atom. The second-order valence-electron chi connectivity index (χ2n) is 7.62. The average molecular weight is 394 g/mol. The summed E-state index contributed by atoms with van der Waals surface area (Å²) in [6, 6.07) is 25.7. The zero-order valence-electron chi connectivity index (χ0n) is 16.3. The van der Waals surface area contributed by atoms with Crippen LogP contribution in [-0.2, 0) is 5.41 Å². The summed E-state index contributed by atoms with van der Waals surface area (Å²) in [6.45, 7) is 4.32. The van der Waals surface area contributed by atoms with E-state index in [1.54, 1.807) is 17.5 Å². The maximum Gasteiger partial charge on any atom is 0.0864 e. The van der Waals surface area contributed by atoms with Crippen molar-refractivity contribution in [1.82, 2.24) is 0 Å². The van der Waals surface area contributed by atoms with Gasteiger partial charge in [-0.1, -0.05) is 56.7 Å². The monoisotopic (exact) mass is 393 g/mol. The Morgan fingerprint density at radius 3 is 2.59 bits per heavy atom. The molecule has 140 valence electrons. The predicted molar refractivity (Wildman–Crippen MR) is 123 cm³/mol. The summed E-state index contributed by atoms with van der Waals surface area (Å²) in [5, 5.41) is 11.3. The van der Waals surface area contributed by atoms with Crippen molar-refractivity contribution in [3.05, 3.63) is 84.2 Å². The summed E-state index contributed by atoms with van der Waals surface area (Å²) in [4.78, 5) is 1.87. The number of rotatable bonds is 2. The van der Waals surface area contributed by atoms with E-state index in [1.165, 1.54) is 25.7 Å². The summed E-state index contributed by atoms with van der Waals surface area (Å²) >= 11 is 1.80. The van der Waals surface area contributed by atoms with Gasteiger partial charge in [0.15, 0.2) is 0 Å². The van der Waals surface area contributed by atoms with Crippen molar-refractivity contribution in [3.63, 3.8) is 0 Å². The van der Waals surface area contributed by atoms with Gasteiger partial charge in [0.05, 0.1) is 23.3 Å². The summed E-state index contributed by atoms with van der Waals surface area (Å²) < 4.78 is 2.54. The molecule has 0 aliphatic carbocycles. The van der Waals surface area contributed by atoms with Crippen molar-refractivity contribution in [2.45, 2.75) is 19.3 Å². The summed E-state index contributed by atoms with van der Waals surface area (Å²) in [6.07, 6.45) is 7.60. The van der Waals surface area contributed by atoms with Crippen molar-refractivity contribution in [2.24, 2.45) is 10.2 Å². The smallest absolute Gasteiger partial charge is 0.0864 e. The Morgan fingerprint density at radius 1 is 0.966 bits per heavy atom. The van der Waals surface area contributed by atoms with E-state index >= 15 is 0 Å². The Balaban J connectivity index is 1.53. The second kappa shape index (κ2) is 6.58. The number of benzene rings is 3. The Labute approximate surface area is 174 Å². The molecule has 1 aromatic heterocycles. The lowest BCUT2D eigenvalue weighted by Gasteiger charge is -2.21. The van der Waals surface area contributed by atoms with E-state index in [4.69, 9.17) is 6.42 Å². The minimum absolute atomic E-state index is 0.227. The van der Waals surface area contributed by atoms with Gasteiger partial charge >= 0.3 is 0 Å². The first kappa shape index (κ1) is 17.7. The number of terminal acetylenes is 1. The molecule has 0 saturated carbocycles. The average Bonchev–Trinajstić information content (AvgIpc) is 3.21. The number of anilines is 1. The molecule has 0 spiro atoms. The summed E-state index contributed by atoms with van der Waals surface area (Å²) in [5.74, 6) is 0. The third kappa shape index (κ3) is 2.74. The topological polar surface area (TPSA) is 28.0 Å². The van der Waals surface area contributed by atoms with Gasteiger partial charge in [0, 0.05) is 31.6 Å². The van der Waals surface area contributed by atoms with Crippen LogP contribution in [0.1, 0.15) is 19.4 Å². The highest BCUT2D eigenvalue weighted by atomic mass is 32.1. The molecule has 0 bridgehead atoms. The van der Waals surface area contributed by atoms with Crippen LogP contribution in [0.3, 0.4) is 0 Å². The fraction of sp³-hybridized carbons (Fsp3) is 0.120. The number of hydrogen-bond acceptors (Lipinski definition) is 4. The van der Waals surface area contributed by atoms with Crippen molar-refractivity contribution in [1.29, 1.82) is 0 Å². The lowest BCUT2D eigenvalue weighted by Crippen LogP contribution is -2.22. The molecule has 3 nitrogen and oxygen atoms in total. The molecule has 4 aromatic rings. The van der Waals surface area contributed by atoms with Crippen LogP contribution in [0.4, 0.5) is 11.4 Å². The van der Waals surface area contributed by atoms with Gasteiger partial charge in [-0.3, -0.25) is 4.90 Å². The van der Waals surface area contributed by atoms with Gasteiger partial charge in [0.2, 0.25) is 0 Å². The van der Waals surface area contributed by atoms with E-state index in [2.05, 4.69) is 72.6 Å². The highest BCUT2D eigenvalue weighted by Gasteiger charge is 2.39. The standard InChI is InChI=1S/C25H19N3S/c1-4-28-21-11-7-6-10-20(21)25(2,3)24(28)16-26-27-17-13-14-23-19(15-17)18-9-5-8-12-22(18)29-23/h1,5-16H,2-3H3/b24-16-,27-26?. The van der Waals surface area contributed by atoms with Crippen molar-refractivity contribution < 1.29 is 0 Å². The highest BCUT2D eigenvalue weighted by molar-refractivity contribution is 7.25. The van der Waals surface area contributed by atoms with Gasteiger partial charge in [-0.15, -0.1) is 11.3 Å². The molecule has 0 N–H and O–H groups in total. The van der Waals surface area contributed by atoms with E-state index in [0.717, 1.165) is 17.1 Å². The predicted octanol–water partition coefficient (Wildman–Crippen LogP) is 7.37. The second-order valence-corrected chi connectivity index (χ2v) is 8.70. The Kier molecular flexibility index (Phi) is 4.01. The minimum atomic E-state index is -0.227. The fourth-order valence-corrected chi connectivity index (χ4v) is 5.12. The molecule has 5 rings (SSSR count). The van der Waals surface area contributed by atoms with Crippen LogP contribution in [0.25, 0.3) is 20.2 Å². The Hall–Kier alpha value is -3.42. The fourth-order valence-electron chi connectivity index (χ4n) is 4.03. The van der Waals surface area contributed by atoms with Crippen LogP contribution in [0.15, 0.2) is 88.9 Å². The van der Waals surface area contributed by atoms with Crippen molar-refractivity contribution in [3.8, 4) is 12.5 Å². The van der Waals surface area contributed by atoms with Crippen LogP contribution < -0.4 is 4.90 Å². The third-order valence-electron chi connectivity index (χ3n) is 5.54. The summed E-state index contributed by atoms with van der Waals surface area (Å²) in [7, 11) is 0. The van der Waals surface area contributed by atoms with Crippen LogP contribution in [0.2, 0.25) is 0 Å². The third-order valence-corrected chi connectivity index (χ3v) is 6.69. The molecule has 0 radical (unpaired) electrons. The maximum atomic E-state index is 5.81. The highest BCUT2D eigenvalue weighted by Crippen LogP contribution is 2.47. The van der Waals surface area contributed by atoms with Gasteiger partial charge in [-0.25, -0.2) is 0 Å². The van der Waals surface area contributed by atoms with Gasteiger partial charge < -0.3 is 0 Å². The van der Waals surface area contributed by atoms with E-state index in [-0.39, 0.29) is 5.41 Å². The first-order valence-electron chi connectivity index (χ1n) is 9.48. The quantitative estimate of drug-likeness (QED) is 0.258. The van der Waals surface area contributed by atoms with E-state index in [9.17, 15) is 0 Å². The SMILES string of the molecule is C#CN1/C(=C\N=Nc2ccc3sc4ccccc4c3c2)C(C)(C)c2ccccc21. The molecule has 0 fully saturated rings. The molecule has 4 heteroatoms. The zero-order valence-corrected chi connectivity index (χ0v) is 17.1. The molecular formula is C25H19N3S. The van der Waals surface area contributed by atoms with Gasteiger partial charge in [0.1, 0.15) is 0 Å². The first-order chi connectivity index (χ1) is 14.1. The molecular weight excluding hydrogens is 374 g/mol. The van der Waals surface area contributed by atoms with Crippen molar-refractivity contribution >= 4 is 42.9 Å². The lowest BCUT2D eigenvalue weighted by atomic mass is 9.84. The van der Waals surface area contributed by atoms with Crippen LogP contribution in [-0.4, -0.2) is 0 Å². The van der Waals surface area contributed by atoms with E-state index in [0.29, 0.717) is 0 Å². The van der Waals surface area contributed by atoms with E-state index < -0.39 is 0 Å². The maximum absolute atomic E-state index is 5.81. The lowest BCUT2D eigenvalue weighted by molar-refractivity contribution is 0.642. The largest absolute Gasteiger partial charge is 0.271 e. The van der Waals surface area contributed by atoms with E-state index in [1.807, 2.05) is 29.2 Å². The molecule has 0 amide bonds.